The number of benzene rings is 2. The summed E-state index contributed by atoms with van der Waals surface area (Å²) in [6.45, 7) is 3.47. The van der Waals surface area contributed by atoms with E-state index in [0.29, 0.717) is 17.3 Å². The molecule has 3 aromatic rings. The van der Waals surface area contributed by atoms with Crippen molar-refractivity contribution in [2.75, 3.05) is 5.32 Å². The summed E-state index contributed by atoms with van der Waals surface area (Å²) in [5, 5.41) is 2.67. The molecule has 0 aliphatic heterocycles. The van der Waals surface area contributed by atoms with Gasteiger partial charge in [-0.25, -0.2) is 9.37 Å². The van der Waals surface area contributed by atoms with E-state index < -0.39 is 11.7 Å². The number of anilines is 1. The molecule has 0 aliphatic rings. The highest BCUT2D eigenvalue weighted by atomic mass is 19.1. The van der Waals surface area contributed by atoms with Gasteiger partial charge in [-0.1, -0.05) is 24.3 Å². The number of hydrogen-bond acceptors (Lipinski definition) is 3. The Morgan fingerprint density at radius 3 is 2.61 bits per heavy atom. The zero-order valence-electron chi connectivity index (χ0n) is 12.8. The highest BCUT2D eigenvalue weighted by molar-refractivity contribution is 6.04. The summed E-state index contributed by atoms with van der Waals surface area (Å²) in [6.07, 6.45) is 0. The van der Waals surface area contributed by atoms with E-state index in [0.717, 1.165) is 11.1 Å². The Hall–Kier alpha value is -2.95. The number of nitrogens with zero attached hydrogens (tertiary/aromatic N) is 1. The summed E-state index contributed by atoms with van der Waals surface area (Å²) in [7, 11) is 0. The molecule has 0 fully saturated rings. The lowest BCUT2D eigenvalue weighted by atomic mass is 10.2. The molecular weight excluding hydrogens is 295 g/mol. The Kier molecular flexibility index (Phi) is 3.93. The summed E-state index contributed by atoms with van der Waals surface area (Å²) < 4.78 is 18.9. The van der Waals surface area contributed by atoms with Crippen molar-refractivity contribution in [3.63, 3.8) is 0 Å². The number of hydrogen-bond donors (Lipinski definition) is 1. The van der Waals surface area contributed by atoms with Crippen molar-refractivity contribution in [1.82, 2.24) is 4.98 Å². The lowest BCUT2D eigenvalue weighted by molar-refractivity contribution is 0.102. The summed E-state index contributed by atoms with van der Waals surface area (Å²) in [5.74, 6) is -0.0468. The van der Waals surface area contributed by atoms with Crippen molar-refractivity contribution < 1.29 is 13.6 Å². The van der Waals surface area contributed by atoms with Crippen LogP contribution in [-0.4, -0.2) is 10.9 Å². The number of carbonyl (C=O) groups is 1. The van der Waals surface area contributed by atoms with Crippen molar-refractivity contribution >= 4 is 11.6 Å². The number of rotatable bonds is 3. The summed E-state index contributed by atoms with van der Waals surface area (Å²) in [5.41, 5.74) is 2.16. The summed E-state index contributed by atoms with van der Waals surface area (Å²) in [6, 6.07) is 13.6. The van der Waals surface area contributed by atoms with E-state index in [2.05, 4.69) is 10.3 Å². The molecule has 0 unspecified atom stereocenters. The monoisotopic (exact) mass is 310 g/mol. The Morgan fingerprint density at radius 1 is 1.13 bits per heavy atom. The minimum absolute atomic E-state index is 0.188. The topological polar surface area (TPSA) is 55.1 Å². The maximum atomic E-state index is 13.3. The lowest BCUT2D eigenvalue weighted by Crippen LogP contribution is -2.14. The van der Waals surface area contributed by atoms with Gasteiger partial charge in [-0.2, -0.15) is 0 Å². The Balaban J connectivity index is 1.88. The maximum Gasteiger partial charge on any atom is 0.277 e. The first kappa shape index (κ1) is 15.0. The number of oxazole rings is 1. The Labute approximate surface area is 133 Å². The van der Waals surface area contributed by atoms with Crippen LogP contribution in [-0.2, 0) is 0 Å². The molecule has 1 N–H and O–H groups in total. The van der Waals surface area contributed by atoms with E-state index in [1.54, 1.807) is 19.9 Å². The van der Waals surface area contributed by atoms with E-state index in [4.69, 9.17) is 4.42 Å². The van der Waals surface area contributed by atoms with Gasteiger partial charge in [-0.05, 0) is 43.7 Å². The molecule has 1 amide bonds. The summed E-state index contributed by atoms with van der Waals surface area (Å²) in [4.78, 5) is 16.6. The molecule has 0 saturated carbocycles. The van der Waals surface area contributed by atoms with Crippen LogP contribution in [0.5, 0.6) is 0 Å². The second-order valence-corrected chi connectivity index (χ2v) is 5.20. The third kappa shape index (κ3) is 3.13. The zero-order chi connectivity index (χ0) is 16.4. The van der Waals surface area contributed by atoms with Gasteiger partial charge in [-0.15, -0.1) is 0 Å². The molecular formula is C18H15FN2O2. The first-order valence-corrected chi connectivity index (χ1v) is 7.15. The van der Waals surface area contributed by atoms with Crippen molar-refractivity contribution in [3.8, 4) is 11.5 Å². The number of nitrogens with one attached hydrogen (secondary N) is 1. The first-order chi connectivity index (χ1) is 11.0. The van der Waals surface area contributed by atoms with Crippen LogP contribution in [0.1, 0.15) is 21.8 Å². The van der Waals surface area contributed by atoms with Gasteiger partial charge in [0.25, 0.3) is 5.91 Å². The van der Waals surface area contributed by atoms with Crippen LogP contribution in [0.4, 0.5) is 10.1 Å². The van der Waals surface area contributed by atoms with Gasteiger partial charge in [0, 0.05) is 11.3 Å². The van der Waals surface area contributed by atoms with Crippen molar-refractivity contribution in [1.29, 1.82) is 0 Å². The molecule has 2 aromatic carbocycles. The highest BCUT2D eigenvalue weighted by Crippen LogP contribution is 2.23. The molecule has 0 radical (unpaired) electrons. The van der Waals surface area contributed by atoms with E-state index in [1.165, 1.54) is 12.1 Å². The Bertz CT molecular complexity index is 857. The van der Waals surface area contributed by atoms with Gasteiger partial charge in [0.1, 0.15) is 11.6 Å². The normalized spacial score (nSPS) is 10.6. The van der Waals surface area contributed by atoms with Crippen molar-refractivity contribution in [2.24, 2.45) is 0 Å². The fourth-order valence-electron chi connectivity index (χ4n) is 2.22. The molecule has 3 rings (SSSR count). The van der Waals surface area contributed by atoms with Crippen LogP contribution >= 0.6 is 0 Å². The van der Waals surface area contributed by atoms with E-state index >= 15 is 0 Å². The van der Waals surface area contributed by atoms with Crippen LogP contribution in [0.2, 0.25) is 0 Å². The molecule has 0 bridgehead atoms. The van der Waals surface area contributed by atoms with Crippen LogP contribution in [0.15, 0.2) is 52.9 Å². The molecule has 0 atom stereocenters. The molecule has 0 aliphatic carbocycles. The second-order valence-electron chi connectivity index (χ2n) is 5.20. The third-order valence-corrected chi connectivity index (χ3v) is 3.48. The molecule has 0 saturated heterocycles. The second kappa shape index (κ2) is 6.04. The summed E-state index contributed by atoms with van der Waals surface area (Å²) >= 11 is 0. The van der Waals surface area contributed by atoms with Crippen LogP contribution < -0.4 is 5.32 Å². The molecule has 5 heteroatoms. The van der Waals surface area contributed by atoms with Gasteiger partial charge in [-0.3, -0.25) is 4.79 Å². The maximum absolute atomic E-state index is 13.3. The number of aromatic nitrogens is 1. The van der Waals surface area contributed by atoms with E-state index in [-0.39, 0.29) is 5.69 Å². The fourth-order valence-corrected chi connectivity index (χ4v) is 2.22. The molecule has 4 nitrogen and oxygen atoms in total. The smallest absolute Gasteiger partial charge is 0.277 e. The lowest BCUT2D eigenvalue weighted by Gasteiger charge is -2.07. The number of amides is 1. The zero-order valence-corrected chi connectivity index (χ0v) is 12.8. The van der Waals surface area contributed by atoms with Crippen LogP contribution in [0.25, 0.3) is 11.5 Å². The van der Waals surface area contributed by atoms with E-state index in [1.807, 2.05) is 30.3 Å². The average molecular weight is 310 g/mol. The number of halogens is 1. The highest BCUT2D eigenvalue weighted by Gasteiger charge is 2.18. The SMILES string of the molecule is Cc1ccc(F)cc1NC(=O)c1nc(-c2ccccc2)oc1C. The quantitative estimate of drug-likeness (QED) is 0.782. The van der Waals surface area contributed by atoms with Gasteiger partial charge in [0.2, 0.25) is 5.89 Å². The third-order valence-electron chi connectivity index (χ3n) is 3.48. The first-order valence-electron chi connectivity index (χ1n) is 7.15. The van der Waals surface area contributed by atoms with Crippen molar-refractivity contribution in [3.05, 3.63) is 71.4 Å². The van der Waals surface area contributed by atoms with Gasteiger partial charge in [0.05, 0.1) is 0 Å². The molecule has 1 aromatic heterocycles. The van der Waals surface area contributed by atoms with Gasteiger partial charge in [0.15, 0.2) is 5.69 Å². The number of carbonyl (C=O) groups excluding carboxylic acids is 1. The molecule has 23 heavy (non-hydrogen) atoms. The average Bonchev–Trinajstić information content (AvgIpc) is 2.94. The largest absolute Gasteiger partial charge is 0.441 e. The van der Waals surface area contributed by atoms with Gasteiger partial charge >= 0.3 is 0 Å². The molecule has 0 spiro atoms. The van der Waals surface area contributed by atoms with Crippen LogP contribution in [0, 0.1) is 19.7 Å². The predicted molar refractivity (Wildman–Crippen MR) is 85.8 cm³/mol. The van der Waals surface area contributed by atoms with Gasteiger partial charge < -0.3 is 9.73 Å². The van der Waals surface area contributed by atoms with Crippen LogP contribution in [0.3, 0.4) is 0 Å². The van der Waals surface area contributed by atoms with Crippen molar-refractivity contribution in [2.45, 2.75) is 13.8 Å². The predicted octanol–water partition coefficient (Wildman–Crippen LogP) is 4.35. The molecule has 1 heterocycles. The molecule has 116 valence electrons. The minimum atomic E-state index is -0.429. The standard InChI is InChI=1S/C18H15FN2O2/c1-11-8-9-14(19)10-15(11)20-17(22)16-12(2)23-18(21-16)13-6-4-3-5-7-13/h3-10H,1-2H3,(H,20,22). The fraction of sp³-hybridized carbons (Fsp3) is 0.111. The number of aryl methyl sites for hydroxylation is 2. The Morgan fingerprint density at radius 2 is 1.87 bits per heavy atom. The van der Waals surface area contributed by atoms with E-state index in [9.17, 15) is 9.18 Å². The minimum Gasteiger partial charge on any atom is -0.441 e.